The average Bonchev–Trinajstić information content (AvgIpc) is 2.72. The lowest BCUT2D eigenvalue weighted by molar-refractivity contribution is -0.385. The van der Waals surface area contributed by atoms with E-state index in [1.165, 1.54) is 25.3 Å². The normalized spacial score (nSPS) is 10.4. The van der Waals surface area contributed by atoms with Gasteiger partial charge in [-0.15, -0.1) is 0 Å². The summed E-state index contributed by atoms with van der Waals surface area (Å²) < 4.78 is 14.9. The van der Waals surface area contributed by atoms with Crippen LogP contribution < -0.4 is 14.8 Å². The standard InChI is InChI=1S/C20H20N2O7/c1-13-10-17(22(25)26)18(28-3)11-16(13)21-19(23)12-29-20(24)9-6-14-4-7-15(27-2)8-5-14/h4-11H,12H2,1-3H3,(H,21,23)/b9-6+. The van der Waals surface area contributed by atoms with Crippen LogP contribution in [0.3, 0.4) is 0 Å². The minimum absolute atomic E-state index is 0.00956. The average molecular weight is 400 g/mol. The molecule has 0 bridgehead atoms. The van der Waals surface area contributed by atoms with Gasteiger partial charge in [-0.05, 0) is 36.3 Å². The fraction of sp³-hybridized carbons (Fsp3) is 0.200. The molecule has 0 aliphatic carbocycles. The van der Waals surface area contributed by atoms with Crippen LogP contribution in [0, 0.1) is 17.0 Å². The zero-order valence-electron chi connectivity index (χ0n) is 16.1. The van der Waals surface area contributed by atoms with Crippen LogP contribution in [-0.2, 0) is 14.3 Å². The highest BCUT2D eigenvalue weighted by Crippen LogP contribution is 2.32. The predicted molar refractivity (Wildman–Crippen MR) is 106 cm³/mol. The summed E-state index contributed by atoms with van der Waals surface area (Å²) in [5.74, 6) is -0.570. The van der Waals surface area contributed by atoms with Gasteiger partial charge in [0.1, 0.15) is 5.75 Å². The molecule has 0 radical (unpaired) electrons. The van der Waals surface area contributed by atoms with Crippen LogP contribution >= 0.6 is 0 Å². The second kappa shape index (κ2) is 9.88. The van der Waals surface area contributed by atoms with Gasteiger partial charge in [-0.1, -0.05) is 12.1 Å². The Labute approximate surface area is 167 Å². The molecule has 0 aliphatic rings. The number of nitro groups is 1. The van der Waals surface area contributed by atoms with E-state index >= 15 is 0 Å². The first-order valence-electron chi connectivity index (χ1n) is 8.45. The Morgan fingerprint density at radius 1 is 1.14 bits per heavy atom. The molecule has 0 heterocycles. The first kappa shape index (κ1) is 21.4. The van der Waals surface area contributed by atoms with Crippen molar-refractivity contribution in [2.24, 2.45) is 0 Å². The molecule has 0 atom stereocenters. The highest BCUT2D eigenvalue weighted by molar-refractivity contribution is 5.95. The van der Waals surface area contributed by atoms with Crippen molar-refractivity contribution >= 4 is 29.3 Å². The number of ether oxygens (including phenoxy) is 3. The molecular weight excluding hydrogens is 380 g/mol. The summed E-state index contributed by atoms with van der Waals surface area (Å²) in [6.45, 7) is 1.09. The van der Waals surface area contributed by atoms with E-state index in [1.54, 1.807) is 44.4 Å². The van der Waals surface area contributed by atoms with E-state index in [4.69, 9.17) is 14.2 Å². The number of nitro benzene ring substituents is 1. The van der Waals surface area contributed by atoms with E-state index < -0.39 is 23.4 Å². The van der Waals surface area contributed by atoms with Crippen molar-refractivity contribution in [2.75, 3.05) is 26.1 Å². The second-order valence-corrected chi connectivity index (χ2v) is 5.86. The third-order valence-corrected chi connectivity index (χ3v) is 3.87. The number of carbonyl (C=O) groups is 2. The lowest BCUT2D eigenvalue weighted by atomic mass is 10.1. The number of anilines is 1. The van der Waals surface area contributed by atoms with Crippen LogP contribution in [0.1, 0.15) is 11.1 Å². The summed E-state index contributed by atoms with van der Waals surface area (Å²) in [6.07, 6.45) is 2.75. The molecule has 0 fully saturated rings. The number of benzene rings is 2. The van der Waals surface area contributed by atoms with E-state index in [2.05, 4.69) is 5.32 Å². The van der Waals surface area contributed by atoms with Gasteiger partial charge in [0, 0.05) is 23.9 Å². The summed E-state index contributed by atoms with van der Waals surface area (Å²) in [7, 11) is 2.85. The molecule has 0 saturated carbocycles. The Balaban J connectivity index is 1.92. The van der Waals surface area contributed by atoms with E-state index in [0.29, 0.717) is 17.0 Å². The number of rotatable bonds is 8. The van der Waals surface area contributed by atoms with Crippen molar-refractivity contribution < 1.29 is 28.7 Å². The number of esters is 1. The van der Waals surface area contributed by atoms with Gasteiger partial charge in [0.2, 0.25) is 0 Å². The van der Waals surface area contributed by atoms with E-state index in [-0.39, 0.29) is 11.4 Å². The topological polar surface area (TPSA) is 117 Å². The third kappa shape index (κ3) is 6.06. The second-order valence-electron chi connectivity index (χ2n) is 5.86. The van der Waals surface area contributed by atoms with Crippen LogP contribution in [0.2, 0.25) is 0 Å². The predicted octanol–water partition coefficient (Wildman–Crippen LogP) is 3.12. The van der Waals surface area contributed by atoms with Crippen molar-refractivity contribution in [1.82, 2.24) is 0 Å². The fourth-order valence-electron chi connectivity index (χ4n) is 2.36. The molecule has 2 aromatic rings. The molecule has 1 amide bonds. The van der Waals surface area contributed by atoms with Crippen LogP contribution in [0.4, 0.5) is 11.4 Å². The fourth-order valence-corrected chi connectivity index (χ4v) is 2.36. The summed E-state index contributed by atoms with van der Waals surface area (Å²) in [5, 5.41) is 13.5. The molecule has 29 heavy (non-hydrogen) atoms. The highest BCUT2D eigenvalue weighted by Gasteiger charge is 2.18. The molecular formula is C20H20N2O7. The molecule has 152 valence electrons. The van der Waals surface area contributed by atoms with Crippen LogP contribution in [0.25, 0.3) is 6.08 Å². The summed E-state index contributed by atoms with van der Waals surface area (Å²) in [5.41, 5.74) is 1.35. The number of nitrogens with one attached hydrogen (secondary N) is 1. The highest BCUT2D eigenvalue weighted by atomic mass is 16.6. The number of methoxy groups -OCH3 is 2. The van der Waals surface area contributed by atoms with Crippen molar-refractivity contribution in [3.05, 3.63) is 63.7 Å². The van der Waals surface area contributed by atoms with E-state index in [1.807, 2.05) is 0 Å². The minimum Gasteiger partial charge on any atom is -0.497 e. The molecule has 9 heteroatoms. The number of carbonyl (C=O) groups excluding carboxylic acids is 2. The number of hydrogen-bond donors (Lipinski definition) is 1. The van der Waals surface area contributed by atoms with Crippen LogP contribution in [0.15, 0.2) is 42.5 Å². The Bertz CT molecular complexity index is 937. The van der Waals surface area contributed by atoms with Gasteiger partial charge in [0.05, 0.1) is 19.1 Å². The maximum Gasteiger partial charge on any atom is 0.331 e. The van der Waals surface area contributed by atoms with Gasteiger partial charge >= 0.3 is 11.7 Å². The first-order valence-corrected chi connectivity index (χ1v) is 8.45. The first-order chi connectivity index (χ1) is 13.8. The summed E-state index contributed by atoms with van der Waals surface area (Å²) >= 11 is 0. The quantitative estimate of drug-likeness (QED) is 0.313. The Hall–Kier alpha value is -3.88. The zero-order valence-corrected chi connectivity index (χ0v) is 16.1. The molecule has 2 aromatic carbocycles. The Morgan fingerprint density at radius 3 is 2.41 bits per heavy atom. The van der Waals surface area contributed by atoms with Crippen molar-refractivity contribution in [2.45, 2.75) is 6.92 Å². The van der Waals surface area contributed by atoms with E-state index in [9.17, 15) is 19.7 Å². The largest absolute Gasteiger partial charge is 0.497 e. The molecule has 0 unspecified atom stereocenters. The van der Waals surface area contributed by atoms with Crippen LogP contribution in [0.5, 0.6) is 11.5 Å². The molecule has 9 nitrogen and oxygen atoms in total. The third-order valence-electron chi connectivity index (χ3n) is 3.87. The SMILES string of the molecule is COc1ccc(/C=C/C(=O)OCC(=O)Nc2cc(OC)c([N+](=O)[O-])cc2C)cc1. The molecule has 1 N–H and O–H groups in total. The molecule has 0 saturated heterocycles. The lowest BCUT2D eigenvalue weighted by Crippen LogP contribution is -2.20. The van der Waals surface area contributed by atoms with Crippen molar-refractivity contribution in [3.8, 4) is 11.5 Å². The van der Waals surface area contributed by atoms with Gasteiger partial charge in [0.25, 0.3) is 5.91 Å². The Kier molecular flexibility index (Phi) is 7.30. The van der Waals surface area contributed by atoms with Crippen LogP contribution in [-0.4, -0.2) is 37.6 Å². The van der Waals surface area contributed by atoms with Gasteiger partial charge in [-0.2, -0.15) is 0 Å². The number of amides is 1. The van der Waals surface area contributed by atoms with E-state index in [0.717, 1.165) is 5.56 Å². The minimum atomic E-state index is -0.686. The maximum absolute atomic E-state index is 12.0. The Morgan fingerprint density at radius 2 is 1.83 bits per heavy atom. The summed E-state index contributed by atoms with van der Waals surface area (Å²) in [6, 6.07) is 9.66. The molecule has 0 aliphatic heterocycles. The van der Waals surface area contributed by atoms with Gasteiger partial charge < -0.3 is 19.5 Å². The zero-order chi connectivity index (χ0) is 21.4. The molecule has 0 aromatic heterocycles. The maximum atomic E-state index is 12.0. The summed E-state index contributed by atoms with van der Waals surface area (Å²) in [4.78, 5) is 34.2. The number of aryl methyl sites for hydroxylation is 1. The van der Waals surface area contributed by atoms with Crippen molar-refractivity contribution in [3.63, 3.8) is 0 Å². The smallest absolute Gasteiger partial charge is 0.331 e. The van der Waals surface area contributed by atoms with Gasteiger partial charge in [-0.25, -0.2) is 4.79 Å². The van der Waals surface area contributed by atoms with Gasteiger partial charge in [0.15, 0.2) is 12.4 Å². The number of nitrogens with zero attached hydrogens (tertiary/aromatic N) is 1. The monoisotopic (exact) mass is 400 g/mol. The molecule has 0 spiro atoms. The molecule has 2 rings (SSSR count). The van der Waals surface area contributed by atoms with Crippen molar-refractivity contribution in [1.29, 1.82) is 0 Å². The van der Waals surface area contributed by atoms with Gasteiger partial charge in [-0.3, -0.25) is 14.9 Å². The number of hydrogen-bond acceptors (Lipinski definition) is 7. The lowest BCUT2D eigenvalue weighted by Gasteiger charge is -2.10.